The molecular formula is C13H21P. The maximum absolute atomic E-state index is 2.38. The van der Waals surface area contributed by atoms with Crippen molar-refractivity contribution < 1.29 is 0 Å². The summed E-state index contributed by atoms with van der Waals surface area (Å²) in [4.78, 5) is 0. The first-order valence-electron chi connectivity index (χ1n) is 6.10. The third-order valence-electron chi connectivity index (χ3n) is 3.42. The molecule has 0 radical (unpaired) electrons. The van der Waals surface area contributed by atoms with Gasteiger partial charge in [0.15, 0.2) is 0 Å². The summed E-state index contributed by atoms with van der Waals surface area (Å²) in [6.07, 6.45) is 11.7. The molecule has 0 nitrogen and oxygen atoms in total. The molecule has 0 saturated heterocycles. The summed E-state index contributed by atoms with van der Waals surface area (Å²) in [6.45, 7) is 0. The second-order valence-electron chi connectivity index (χ2n) is 4.52. The molecule has 78 valence electrons. The zero-order chi connectivity index (χ0) is 9.64. The SMILES string of the molecule is c1c[pH]c(C2CCCCCCCC2)c1. The van der Waals surface area contributed by atoms with Gasteiger partial charge in [-0.15, -0.1) is 8.19 Å². The first-order chi connectivity index (χ1) is 6.97. The molecule has 0 aliphatic heterocycles. The monoisotopic (exact) mass is 208 g/mol. The molecule has 1 unspecified atom stereocenters. The lowest BCUT2D eigenvalue weighted by atomic mass is 9.95. The number of rotatable bonds is 1. The minimum Gasteiger partial charge on any atom is -0.136 e. The Morgan fingerprint density at radius 3 is 2.14 bits per heavy atom. The molecule has 0 aromatic carbocycles. The van der Waals surface area contributed by atoms with Crippen LogP contribution >= 0.6 is 8.19 Å². The van der Waals surface area contributed by atoms with E-state index in [2.05, 4.69) is 17.9 Å². The van der Waals surface area contributed by atoms with Gasteiger partial charge in [0.25, 0.3) is 0 Å². The molecule has 0 N–H and O–H groups in total. The van der Waals surface area contributed by atoms with Gasteiger partial charge in [0.1, 0.15) is 0 Å². The molecule has 0 spiro atoms. The van der Waals surface area contributed by atoms with Gasteiger partial charge >= 0.3 is 0 Å². The third-order valence-corrected chi connectivity index (χ3v) is 4.68. The normalized spacial score (nSPS) is 21.7. The third kappa shape index (κ3) is 2.89. The Bertz CT molecular complexity index is 228. The predicted octanol–water partition coefficient (Wildman–Crippen LogP) is 4.94. The van der Waals surface area contributed by atoms with Crippen molar-refractivity contribution in [3.8, 4) is 0 Å². The molecule has 14 heavy (non-hydrogen) atoms. The van der Waals surface area contributed by atoms with Gasteiger partial charge in [0.05, 0.1) is 0 Å². The van der Waals surface area contributed by atoms with Crippen LogP contribution < -0.4 is 0 Å². The smallest absolute Gasteiger partial charge is 0.0127 e. The van der Waals surface area contributed by atoms with Crippen molar-refractivity contribution in [1.29, 1.82) is 0 Å². The van der Waals surface area contributed by atoms with Gasteiger partial charge in [0, 0.05) is 0 Å². The van der Waals surface area contributed by atoms with E-state index in [0.29, 0.717) is 0 Å². The average molecular weight is 208 g/mol. The quantitative estimate of drug-likeness (QED) is 0.613. The summed E-state index contributed by atoms with van der Waals surface area (Å²) < 4.78 is 0. The van der Waals surface area contributed by atoms with Crippen LogP contribution in [0.25, 0.3) is 0 Å². The maximum Gasteiger partial charge on any atom is -0.0127 e. The summed E-state index contributed by atoms with van der Waals surface area (Å²) in [5.74, 6) is 3.27. The fraction of sp³-hybridized carbons (Fsp3) is 0.692. The van der Waals surface area contributed by atoms with E-state index in [-0.39, 0.29) is 0 Å². The van der Waals surface area contributed by atoms with Crippen molar-refractivity contribution in [2.24, 2.45) is 0 Å². The molecular weight excluding hydrogens is 187 g/mol. The molecule has 1 saturated carbocycles. The zero-order valence-corrected chi connectivity index (χ0v) is 9.97. The molecule has 1 fully saturated rings. The van der Waals surface area contributed by atoms with Gasteiger partial charge in [-0.3, -0.25) is 0 Å². The van der Waals surface area contributed by atoms with E-state index in [1.807, 2.05) is 0 Å². The van der Waals surface area contributed by atoms with Crippen LogP contribution in [-0.4, -0.2) is 0 Å². The molecule has 2 rings (SSSR count). The molecule has 1 aliphatic rings. The Labute approximate surface area is 89.2 Å². The van der Waals surface area contributed by atoms with Crippen LogP contribution in [0.2, 0.25) is 0 Å². The second-order valence-corrected chi connectivity index (χ2v) is 5.72. The van der Waals surface area contributed by atoms with Crippen molar-refractivity contribution in [3.63, 3.8) is 0 Å². The molecule has 1 atom stereocenters. The highest BCUT2D eigenvalue weighted by Gasteiger charge is 2.12. The average Bonchev–Trinajstić information content (AvgIpc) is 2.75. The summed E-state index contributed by atoms with van der Waals surface area (Å²) in [5.41, 5.74) is 0. The van der Waals surface area contributed by atoms with Gasteiger partial charge in [-0.05, 0) is 29.9 Å². The Morgan fingerprint density at radius 1 is 0.929 bits per heavy atom. The molecule has 0 bridgehead atoms. The van der Waals surface area contributed by atoms with Crippen molar-refractivity contribution in [3.05, 3.63) is 23.2 Å². The van der Waals surface area contributed by atoms with E-state index in [9.17, 15) is 0 Å². The Kier molecular flexibility index (Phi) is 4.13. The molecule has 1 aliphatic carbocycles. The van der Waals surface area contributed by atoms with E-state index in [4.69, 9.17) is 0 Å². The highest BCUT2D eigenvalue weighted by atomic mass is 31.0. The topological polar surface area (TPSA) is 0 Å². The first-order valence-corrected chi connectivity index (χ1v) is 7.18. The lowest BCUT2D eigenvalue weighted by Crippen LogP contribution is -1.95. The van der Waals surface area contributed by atoms with E-state index in [1.54, 1.807) is 5.30 Å². The lowest BCUT2D eigenvalue weighted by Gasteiger charge is -2.14. The fourth-order valence-corrected chi connectivity index (χ4v) is 3.64. The van der Waals surface area contributed by atoms with Crippen LogP contribution in [0, 0.1) is 0 Å². The van der Waals surface area contributed by atoms with Crippen LogP contribution in [0.1, 0.15) is 62.6 Å². The van der Waals surface area contributed by atoms with E-state index < -0.39 is 0 Å². The Morgan fingerprint density at radius 2 is 1.57 bits per heavy atom. The predicted molar refractivity (Wildman–Crippen MR) is 65.6 cm³/mol. The molecule has 1 heteroatoms. The van der Waals surface area contributed by atoms with E-state index in [0.717, 1.165) is 14.1 Å². The van der Waals surface area contributed by atoms with Gasteiger partial charge < -0.3 is 0 Å². The summed E-state index contributed by atoms with van der Waals surface area (Å²) in [5, 5.41) is 1.74. The van der Waals surface area contributed by atoms with Gasteiger partial charge in [-0.1, -0.05) is 50.7 Å². The van der Waals surface area contributed by atoms with Crippen LogP contribution in [0.5, 0.6) is 0 Å². The second kappa shape index (κ2) is 5.61. The largest absolute Gasteiger partial charge is 0.136 e. The molecule has 1 heterocycles. The highest BCUT2D eigenvalue weighted by molar-refractivity contribution is 7.30. The standard InChI is InChI=1S/C13H21P/c1-2-4-6-9-12(8-5-3-1)13-10-7-11-14-13/h7,10-12,14H,1-6,8-9H2. The minimum atomic E-state index is 0.932. The highest BCUT2D eigenvalue weighted by Crippen LogP contribution is 2.34. The molecule has 1 aromatic rings. The lowest BCUT2D eigenvalue weighted by molar-refractivity contribution is 0.547. The number of hydrogen-bond donors (Lipinski definition) is 0. The van der Waals surface area contributed by atoms with Crippen molar-refractivity contribution in [2.75, 3.05) is 0 Å². The van der Waals surface area contributed by atoms with E-state index in [1.165, 1.54) is 51.4 Å². The van der Waals surface area contributed by atoms with Crippen molar-refractivity contribution >= 4 is 8.19 Å². The molecule has 0 amide bonds. The summed E-state index contributed by atoms with van der Waals surface area (Å²) >= 11 is 0. The summed E-state index contributed by atoms with van der Waals surface area (Å²) in [7, 11) is 1.00. The van der Waals surface area contributed by atoms with Crippen LogP contribution in [-0.2, 0) is 0 Å². The summed E-state index contributed by atoms with van der Waals surface area (Å²) in [6, 6.07) is 4.63. The fourth-order valence-electron chi connectivity index (χ4n) is 2.54. The van der Waals surface area contributed by atoms with Crippen LogP contribution in [0.15, 0.2) is 17.9 Å². The van der Waals surface area contributed by atoms with E-state index >= 15 is 0 Å². The van der Waals surface area contributed by atoms with Gasteiger partial charge in [0.2, 0.25) is 0 Å². The van der Waals surface area contributed by atoms with Crippen LogP contribution in [0.3, 0.4) is 0 Å². The minimum absolute atomic E-state index is 0.932. The molecule has 1 aromatic heterocycles. The van der Waals surface area contributed by atoms with Crippen molar-refractivity contribution in [1.82, 2.24) is 0 Å². The van der Waals surface area contributed by atoms with Gasteiger partial charge in [-0.25, -0.2) is 0 Å². The zero-order valence-electron chi connectivity index (χ0n) is 8.97. The Balaban J connectivity index is 1.94. The Hall–Kier alpha value is -0.220. The van der Waals surface area contributed by atoms with Gasteiger partial charge in [-0.2, -0.15) is 0 Å². The van der Waals surface area contributed by atoms with Crippen molar-refractivity contribution in [2.45, 2.75) is 57.3 Å². The maximum atomic E-state index is 2.38. The first kappa shape index (κ1) is 10.3. The number of hydrogen-bond acceptors (Lipinski definition) is 0. The van der Waals surface area contributed by atoms with Crippen LogP contribution in [0.4, 0.5) is 0 Å².